The third-order valence-corrected chi connectivity index (χ3v) is 3.29. The van der Waals surface area contributed by atoms with Crippen LogP contribution in [-0.2, 0) is 9.59 Å². The lowest BCUT2D eigenvalue weighted by Crippen LogP contribution is -2.37. The molecule has 4 amide bonds. The summed E-state index contributed by atoms with van der Waals surface area (Å²) >= 11 is 0. The van der Waals surface area contributed by atoms with Crippen LogP contribution >= 0.6 is 0 Å². The van der Waals surface area contributed by atoms with Gasteiger partial charge in [-0.2, -0.15) is 0 Å². The number of para-hydroxylation sites is 1. The Bertz CT molecular complexity index is 641. The number of hydrogen-bond donors (Lipinski definition) is 0. The van der Waals surface area contributed by atoms with E-state index < -0.39 is 30.2 Å². The monoisotopic (exact) mass is 304 g/mol. The van der Waals surface area contributed by atoms with Crippen LogP contribution in [0.25, 0.3) is 0 Å². The predicted molar refractivity (Wildman–Crippen MR) is 76.4 cm³/mol. The van der Waals surface area contributed by atoms with E-state index in [9.17, 15) is 19.2 Å². The number of benzene rings is 1. The highest BCUT2D eigenvalue weighted by molar-refractivity contribution is 6.45. The molecule has 7 nitrogen and oxygen atoms in total. The van der Waals surface area contributed by atoms with Crippen molar-refractivity contribution >= 4 is 23.6 Å². The summed E-state index contributed by atoms with van der Waals surface area (Å²) in [5, 5.41) is 0. The van der Waals surface area contributed by atoms with Crippen LogP contribution in [0.5, 0.6) is 5.75 Å². The largest absolute Gasteiger partial charge is 0.496 e. The first-order valence-electron chi connectivity index (χ1n) is 6.84. The number of ketones is 1. The number of methoxy groups -OCH3 is 1. The molecule has 0 atom stereocenters. The first-order valence-corrected chi connectivity index (χ1v) is 6.84. The molecule has 1 heterocycles. The van der Waals surface area contributed by atoms with E-state index in [0.717, 1.165) is 4.90 Å². The summed E-state index contributed by atoms with van der Waals surface area (Å²) in [6.07, 6.45) is 0.541. The minimum Gasteiger partial charge on any atom is -0.496 e. The number of Topliss-reactive ketones (excluding diaryl/α,β-unsaturated/α-hetero) is 1. The van der Waals surface area contributed by atoms with Gasteiger partial charge < -0.3 is 4.74 Å². The predicted octanol–water partition coefficient (Wildman–Crippen LogP) is 1.08. The fourth-order valence-electron chi connectivity index (χ4n) is 2.21. The quantitative estimate of drug-likeness (QED) is 0.446. The normalized spacial score (nSPS) is 14.7. The Morgan fingerprint density at radius 2 is 1.73 bits per heavy atom. The van der Waals surface area contributed by atoms with Crippen LogP contribution in [0.2, 0.25) is 0 Å². The summed E-state index contributed by atoms with van der Waals surface area (Å²) in [5.41, 5.74) is 0.256. The number of imide groups is 2. The first-order chi connectivity index (χ1) is 10.5. The van der Waals surface area contributed by atoms with Gasteiger partial charge in [-0.25, -0.2) is 9.69 Å². The highest BCUT2D eigenvalue weighted by Gasteiger charge is 2.44. The molecule has 2 rings (SSSR count). The standard InChI is InChI=1S/C15H16N2O5/c1-3-8-16-13(19)14(20)17(15(16)21)9-11(18)10-6-4-5-7-12(10)22-2/h4-7H,3,8-9H2,1-2H3. The zero-order valence-electron chi connectivity index (χ0n) is 12.4. The molecule has 116 valence electrons. The van der Waals surface area contributed by atoms with E-state index in [-0.39, 0.29) is 12.1 Å². The van der Waals surface area contributed by atoms with Crippen molar-refractivity contribution in [2.45, 2.75) is 13.3 Å². The van der Waals surface area contributed by atoms with Crippen LogP contribution < -0.4 is 4.74 Å². The summed E-state index contributed by atoms with van der Waals surface area (Å²) < 4.78 is 5.08. The van der Waals surface area contributed by atoms with Crippen LogP contribution in [0.15, 0.2) is 24.3 Å². The van der Waals surface area contributed by atoms with Gasteiger partial charge in [0.15, 0.2) is 5.78 Å². The lowest BCUT2D eigenvalue weighted by molar-refractivity contribution is -0.143. The van der Waals surface area contributed by atoms with E-state index >= 15 is 0 Å². The Labute approximate surface area is 127 Å². The van der Waals surface area contributed by atoms with Crippen molar-refractivity contribution in [2.75, 3.05) is 20.2 Å². The Morgan fingerprint density at radius 3 is 2.36 bits per heavy atom. The van der Waals surface area contributed by atoms with E-state index in [1.165, 1.54) is 13.2 Å². The van der Waals surface area contributed by atoms with Crippen molar-refractivity contribution in [2.24, 2.45) is 0 Å². The lowest BCUT2D eigenvalue weighted by atomic mass is 10.1. The van der Waals surface area contributed by atoms with Gasteiger partial charge in [-0.05, 0) is 18.6 Å². The molecule has 0 radical (unpaired) electrons. The molecule has 0 aromatic heterocycles. The average molecular weight is 304 g/mol. The van der Waals surface area contributed by atoms with Crippen LogP contribution in [0.3, 0.4) is 0 Å². The summed E-state index contributed by atoms with van der Waals surface area (Å²) in [6.45, 7) is 1.46. The second-order valence-electron chi connectivity index (χ2n) is 4.75. The Kier molecular flexibility index (Phi) is 4.55. The van der Waals surface area contributed by atoms with E-state index in [1.807, 2.05) is 0 Å². The second-order valence-corrected chi connectivity index (χ2v) is 4.75. The van der Waals surface area contributed by atoms with Gasteiger partial charge in [0.25, 0.3) is 0 Å². The SMILES string of the molecule is CCCN1C(=O)C(=O)N(CC(=O)c2ccccc2OC)C1=O. The number of rotatable bonds is 6. The number of hydrogen-bond acceptors (Lipinski definition) is 5. The third kappa shape index (κ3) is 2.69. The minimum absolute atomic E-state index is 0.156. The first kappa shape index (κ1) is 15.7. The highest BCUT2D eigenvalue weighted by Crippen LogP contribution is 2.20. The Hall–Kier alpha value is -2.70. The van der Waals surface area contributed by atoms with Crippen molar-refractivity contribution in [3.63, 3.8) is 0 Å². The van der Waals surface area contributed by atoms with Crippen LogP contribution in [-0.4, -0.2) is 53.6 Å². The minimum atomic E-state index is -0.971. The van der Waals surface area contributed by atoms with Crippen LogP contribution in [0.1, 0.15) is 23.7 Å². The topological polar surface area (TPSA) is 84.0 Å². The summed E-state index contributed by atoms with van der Waals surface area (Å²) in [4.78, 5) is 49.5. The molecule has 0 aliphatic carbocycles. The molecule has 1 aromatic rings. The van der Waals surface area contributed by atoms with Gasteiger partial charge in [-0.15, -0.1) is 0 Å². The number of ether oxygens (including phenoxy) is 1. The molecule has 0 spiro atoms. The number of carbonyl (C=O) groups is 4. The number of carbonyl (C=O) groups excluding carboxylic acids is 4. The molecule has 1 saturated heterocycles. The van der Waals surface area contributed by atoms with Crippen molar-refractivity contribution in [3.8, 4) is 5.75 Å². The molecular formula is C15H16N2O5. The molecule has 0 N–H and O–H groups in total. The van der Waals surface area contributed by atoms with Gasteiger partial charge in [-0.3, -0.25) is 19.3 Å². The molecule has 7 heteroatoms. The number of urea groups is 1. The molecule has 22 heavy (non-hydrogen) atoms. The third-order valence-electron chi connectivity index (χ3n) is 3.29. The molecule has 1 aliphatic heterocycles. The van der Waals surface area contributed by atoms with E-state index in [4.69, 9.17) is 4.74 Å². The fourth-order valence-corrected chi connectivity index (χ4v) is 2.21. The zero-order valence-corrected chi connectivity index (χ0v) is 12.4. The fraction of sp³-hybridized carbons (Fsp3) is 0.333. The molecular weight excluding hydrogens is 288 g/mol. The van der Waals surface area contributed by atoms with Gasteiger partial charge in [0.05, 0.1) is 19.2 Å². The molecule has 1 aliphatic rings. The van der Waals surface area contributed by atoms with Crippen LogP contribution in [0, 0.1) is 0 Å². The summed E-state index contributed by atoms with van der Waals surface area (Å²) in [6, 6.07) is 5.75. The van der Waals surface area contributed by atoms with Gasteiger partial charge >= 0.3 is 17.8 Å². The van der Waals surface area contributed by atoms with Crippen molar-refractivity contribution in [1.82, 2.24) is 9.80 Å². The van der Waals surface area contributed by atoms with Crippen molar-refractivity contribution in [1.29, 1.82) is 0 Å². The smallest absolute Gasteiger partial charge is 0.334 e. The molecule has 0 bridgehead atoms. The lowest BCUT2D eigenvalue weighted by Gasteiger charge is -2.15. The highest BCUT2D eigenvalue weighted by atomic mass is 16.5. The Morgan fingerprint density at radius 1 is 1.09 bits per heavy atom. The maximum atomic E-state index is 12.3. The molecule has 0 saturated carbocycles. The maximum absolute atomic E-state index is 12.3. The van der Waals surface area contributed by atoms with Crippen LogP contribution in [0.4, 0.5) is 4.79 Å². The number of nitrogens with zero attached hydrogens (tertiary/aromatic N) is 2. The molecule has 1 fully saturated rings. The average Bonchev–Trinajstić information content (AvgIpc) is 2.73. The molecule has 1 aromatic carbocycles. The van der Waals surface area contributed by atoms with Gasteiger partial charge in [0.2, 0.25) is 0 Å². The summed E-state index contributed by atoms with van der Waals surface area (Å²) in [5.74, 6) is -1.98. The van der Waals surface area contributed by atoms with E-state index in [0.29, 0.717) is 17.1 Å². The Balaban J connectivity index is 2.20. The molecule has 0 unspecified atom stereocenters. The summed E-state index contributed by atoms with van der Waals surface area (Å²) in [7, 11) is 1.42. The van der Waals surface area contributed by atoms with Gasteiger partial charge in [-0.1, -0.05) is 19.1 Å². The van der Waals surface area contributed by atoms with Crippen molar-refractivity contribution < 1.29 is 23.9 Å². The maximum Gasteiger partial charge on any atom is 0.334 e. The zero-order chi connectivity index (χ0) is 16.3. The van der Waals surface area contributed by atoms with Crippen molar-refractivity contribution in [3.05, 3.63) is 29.8 Å². The number of amides is 4. The van der Waals surface area contributed by atoms with E-state index in [2.05, 4.69) is 0 Å². The van der Waals surface area contributed by atoms with Gasteiger partial charge in [0.1, 0.15) is 5.75 Å². The van der Waals surface area contributed by atoms with Gasteiger partial charge in [0, 0.05) is 6.54 Å². The van der Waals surface area contributed by atoms with E-state index in [1.54, 1.807) is 25.1 Å². The second kappa shape index (κ2) is 6.38.